The Balaban J connectivity index is 2.15. The van der Waals surface area contributed by atoms with Gasteiger partial charge < -0.3 is 10.6 Å². The van der Waals surface area contributed by atoms with Gasteiger partial charge in [-0.05, 0) is 39.5 Å². The zero-order chi connectivity index (χ0) is 12.5. The Bertz CT molecular complexity index is 401. The molecule has 5 heteroatoms. The largest absolute Gasteiger partial charge is 0.364 e. The van der Waals surface area contributed by atoms with Gasteiger partial charge in [-0.2, -0.15) is 4.98 Å². The third-order valence-corrected chi connectivity index (χ3v) is 3.39. The van der Waals surface area contributed by atoms with E-state index in [-0.39, 0.29) is 5.54 Å². The smallest absolute Gasteiger partial charge is 0.224 e. The van der Waals surface area contributed by atoms with Gasteiger partial charge in [0.25, 0.3) is 0 Å². The molecule has 1 aromatic rings. The monoisotopic (exact) mass is 254 g/mol. The average Bonchev–Trinajstić information content (AvgIpc) is 3.07. The highest BCUT2D eigenvalue weighted by Gasteiger charge is 2.38. The molecule has 1 heterocycles. The van der Waals surface area contributed by atoms with Gasteiger partial charge in [-0.25, -0.2) is 4.98 Å². The van der Waals surface area contributed by atoms with E-state index < -0.39 is 0 Å². The van der Waals surface area contributed by atoms with Gasteiger partial charge in [0, 0.05) is 12.1 Å². The lowest BCUT2D eigenvalue weighted by molar-refractivity contribution is 0.492. The molecule has 2 N–H and O–H groups in total. The van der Waals surface area contributed by atoms with Crippen molar-refractivity contribution < 1.29 is 0 Å². The molecule has 1 saturated carbocycles. The van der Waals surface area contributed by atoms with Gasteiger partial charge in [0.2, 0.25) is 5.95 Å². The summed E-state index contributed by atoms with van der Waals surface area (Å²) in [5.74, 6) is 2.05. The third-order valence-electron chi connectivity index (χ3n) is 3.12. The fraction of sp³-hybridized carbons (Fsp3) is 0.667. The van der Waals surface area contributed by atoms with Crippen molar-refractivity contribution in [3.63, 3.8) is 0 Å². The van der Waals surface area contributed by atoms with Crippen LogP contribution >= 0.6 is 11.6 Å². The Hall–Kier alpha value is -1.03. The highest BCUT2D eigenvalue weighted by Crippen LogP contribution is 2.41. The topological polar surface area (TPSA) is 49.8 Å². The van der Waals surface area contributed by atoms with E-state index in [4.69, 9.17) is 11.6 Å². The van der Waals surface area contributed by atoms with Crippen LogP contribution < -0.4 is 10.6 Å². The van der Waals surface area contributed by atoms with Crippen LogP contribution in [0.15, 0.2) is 6.20 Å². The van der Waals surface area contributed by atoms with Crippen molar-refractivity contribution >= 4 is 23.4 Å². The maximum absolute atomic E-state index is 6.11. The Morgan fingerprint density at radius 3 is 2.76 bits per heavy atom. The lowest BCUT2D eigenvalue weighted by Crippen LogP contribution is -2.34. The first kappa shape index (κ1) is 12.4. The molecular formula is C12H19ClN4. The van der Waals surface area contributed by atoms with Crippen molar-refractivity contribution in [2.24, 2.45) is 5.92 Å². The van der Waals surface area contributed by atoms with Gasteiger partial charge in [-0.15, -0.1) is 0 Å². The Kier molecular flexibility index (Phi) is 3.43. The van der Waals surface area contributed by atoms with Crippen LogP contribution in [0.3, 0.4) is 0 Å². The van der Waals surface area contributed by atoms with Gasteiger partial charge in [0.15, 0.2) is 5.82 Å². The maximum Gasteiger partial charge on any atom is 0.224 e. The number of anilines is 2. The number of hydrogen-bond donors (Lipinski definition) is 2. The highest BCUT2D eigenvalue weighted by atomic mass is 35.5. The van der Waals surface area contributed by atoms with Gasteiger partial charge in [0.05, 0.1) is 6.20 Å². The lowest BCUT2D eigenvalue weighted by Gasteiger charge is -2.27. The van der Waals surface area contributed by atoms with E-state index in [2.05, 4.69) is 34.4 Å². The van der Waals surface area contributed by atoms with Crippen LogP contribution in [0.1, 0.15) is 33.6 Å². The Morgan fingerprint density at radius 2 is 2.18 bits per heavy atom. The maximum atomic E-state index is 6.11. The van der Waals surface area contributed by atoms with E-state index in [1.807, 2.05) is 6.92 Å². The highest BCUT2D eigenvalue weighted by molar-refractivity contribution is 6.32. The predicted molar refractivity (Wildman–Crippen MR) is 71.6 cm³/mol. The van der Waals surface area contributed by atoms with Gasteiger partial charge in [0.1, 0.15) is 5.02 Å². The summed E-state index contributed by atoms with van der Waals surface area (Å²) in [4.78, 5) is 8.52. The zero-order valence-corrected chi connectivity index (χ0v) is 11.3. The molecule has 1 aliphatic carbocycles. The normalized spacial score (nSPS) is 15.8. The summed E-state index contributed by atoms with van der Waals surface area (Å²) in [6.07, 6.45) is 4.20. The average molecular weight is 255 g/mol. The number of nitrogens with zero attached hydrogens (tertiary/aromatic N) is 2. The number of nitrogens with one attached hydrogen (secondary N) is 2. The van der Waals surface area contributed by atoms with Crippen molar-refractivity contribution in [3.8, 4) is 0 Å². The Morgan fingerprint density at radius 1 is 1.47 bits per heavy atom. The molecule has 0 aromatic carbocycles. The van der Waals surface area contributed by atoms with Crippen molar-refractivity contribution in [2.75, 3.05) is 17.2 Å². The molecule has 0 unspecified atom stereocenters. The third kappa shape index (κ3) is 3.00. The molecule has 0 radical (unpaired) electrons. The molecule has 0 spiro atoms. The molecule has 17 heavy (non-hydrogen) atoms. The molecule has 4 nitrogen and oxygen atoms in total. The second-order valence-electron chi connectivity index (χ2n) is 5.04. The second kappa shape index (κ2) is 4.69. The number of halogens is 1. The summed E-state index contributed by atoms with van der Waals surface area (Å²) < 4.78 is 0. The van der Waals surface area contributed by atoms with Gasteiger partial charge in [-0.3, -0.25) is 0 Å². The first-order valence-corrected chi connectivity index (χ1v) is 6.45. The predicted octanol–water partition coefficient (Wildman–Crippen LogP) is 3.16. The van der Waals surface area contributed by atoms with Crippen LogP contribution in [0.4, 0.5) is 11.8 Å². The van der Waals surface area contributed by atoms with Crippen molar-refractivity contribution in [2.45, 2.75) is 39.2 Å². The lowest BCUT2D eigenvalue weighted by atomic mass is 9.99. The molecule has 0 amide bonds. The standard InChI is InChI=1S/C12H19ClN4/c1-4-14-11-15-7-9(13)10(16-11)17-12(2,3)8-5-6-8/h7-8H,4-6H2,1-3H3,(H2,14,15,16,17). The van der Waals surface area contributed by atoms with Crippen molar-refractivity contribution in [3.05, 3.63) is 11.2 Å². The van der Waals surface area contributed by atoms with Crippen LogP contribution in [-0.4, -0.2) is 22.1 Å². The minimum Gasteiger partial charge on any atom is -0.364 e. The van der Waals surface area contributed by atoms with E-state index in [9.17, 15) is 0 Å². The number of aromatic nitrogens is 2. The molecule has 2 rings (SSSR count). The summed E-state index contributed by atoms with van der Waals surface area (Å²) in [6, 6.07) is 0. The summed E-state index contributed by atoms with van der Waals surface area (Å²) in [6.45, 7) is 7.19. The second-order valence-corrected chi connectivity index (χ2v) is 5.45. The summed E-state index contributed by atoms with van der Waals surface area (Å²) in [5.41, 5.74) is 0.0431. The number of hydrogen-bond acceptors (Lipinski definition) is 4. The molecule has 1 aromatic heterocycles. The van der Waals surface area contributed by atoms with Crippen LogP contribution in [0.2, 0.25) is 5.02 Å². The molecule has 0 atom stereocenters. The minimum absolute atomic E-state index is 0.0431. The summed E-state index contributed by atoms with van der Waals surface area (Å²) in [5, 5.41) is 7.08. The van der Waals surface area contributed by atoms with Crippen LogP contribution in [0.5, 0.6) is 0 Å². The van der Waals surface area contributed by atoms with Crippen molar-refractivity contribution in [1.82, 2.24) is 9.97 Å². The SMILES string of the molecule is CCNc1ncc(Cl)c(NC(C)(C)C2CC2)n1. The van der Waals surface area contributed by atoms with Crippen molar-refractivity contribution in [1.29, 1.82) is 0 Å². The molecule has 0 bridgehead atoms. The molecule has 94 valence electrons. The summed E-state index contributed by atoms with van der Waals surface area (Å²) >= 11 is 6.11. The molecule has 1 fully saturated rings. The Labute approximate surface area is 107 Å². The molecular weight excluding hydrogens is 236 g/mol. The van der Waals surface area contributed by atoms with E-state index in [0.717, 1.165) is 18.3 Å². The molecule has 1 aliphatic rings. The van der Waals surface area contributed by atoms with E-state index in [1.54, 1.807) is 6.20 Å². The van der Waals surface area contributed by atoms with Gasteiger partial charge in [-0.1, -0.05) is 11.6 Å². The van der Waals surface area contributed by atoms with Crippen LogP contribution in [0.25, 0.3) is 0 Å². The van der Waals surface area contributed by atoms with Crippen LogP contribution in [0, 0.1) is 5.92 Å². The number of rotatable bonds is 5. The van der Waals surface area contributed by atoms with E-state index in [0.29, 0.717) is 11.0 Å². The minimum atomic E-state index is 0.0431. The fourth-order valence-corrected chi connectivity index (χ4v) is 2.05. The fourth-order valence-electron chi connectivity index (χ4n) is 1.91. The van der Waals surface area contributed by atoms with Crippen LogP contribution in [-0.2, 0) is 0 Å². The summed E-state index contributed by atoms with van der Waals surface area (Å²) in [7, 11) is 0. The van der Waals surface area contributed by atoms with Gasteiger partial charge >= 0.3 is 0 Å². The zero-order valence-electron chi connectivity index (χ0n) is 10.5. The molecule has 0 aliphatic heterocycles. The quantitative estimate of drug-likeness (QED) is 0.848. The first-order valence-electron chi connectivity index (χ1n) is 6.07. The van der Waals surface area contributed by atoms with E-state index in [1.165, 1.54) is 12.8 Å². The van der Waals surface area contributed by atoms with E-state index >= 15 is 0 Å². The first-order chi connectivity index (χ1) is 8.03. The molecule has 0 saturated heterocycles.